The van der Waals surface area contributed by atoms with Crippen LogP contribution in [0.25, 0.3) is 0 Å². The number of anilines is 3. The number of allylic oxidation sites excluding steroid dienone is 1. The van der Waals surface area contributed by atoms with Crippen molar-refractivity contribution in [1.82, 2.24) is 10.2 Å². The summed E-state index contributed by atoms with van der Waals surface area (Å²) in [6.45, 7) is 6.99. The quantitative estimate of drug-likeness (QED) is 0.0479. The molecule has 0 radical (unpaired) electrons. The number of piperidine rings is 1. The highest BCUT2D eigenvalue weighted by atomic mass is 16.5. The van der Waals surface area contributed by atoms with Gasteiger partial charge in [-0.1, -0.05) is 26.8 Å². The number of benzene rings is 3. The van der Waals surface area contributed by atoms with Crippen molar-refractivity contribution >= 4 is 52.6 Å². The number of hydrogen-bond acceptors (Lipinski definition) is 13. The van der Waals surface area contributed by atoms with E-state index < -0.39 is 53.5 Å². The number of nitrogens with one attached hydrogen (secondary N) is 3. The molecule has 0 aliphatic carbocycles. The van der Waals surface area contributed by atoms with Gasteiger partial charge >= 0.3 is 5.97 Å². The second-order valence-corrected chi connectivity index (χ2v) is 13.4. The molecule has 1 saturated heterocycles. The van der Waals surface area contributed by atoms with Crippen molar-refractivity contribution in [3.8, 4) is 17.2 Å². The van der Waals surface area contributed by atoms with Gasteiger partial charge in [-0.3, -0.25) is 39.2 Å². The van der Waals surface area contributed by atoms with Crippen LogP contribution in [0, 0.1) is 0 Å². The fraction of sp³-hybridized carbons (Fsp3) is 0.297. The van der Waals surface area contributed by atoms with Crippen LogP contribution >= 0.6 is 0 Å². The van der Waals surface area contributed by atoms with E-state index in [1.54, 1.807) is 37.3 Å². The van der Waals surface area contributed by atoms with Crippen LogP contribution in [-0.4, -0.2) is 67.2 Å². The topological polar surface area (TPSA) is 225 Å². The molecule has 5 rings (SSSR count). The predicted octanol–water partition coefficient (Wildman–Crippen LogP) is 2.93. The fourth-order valence-corrected chi connectivity index (χ4v) is 5.82. The summed E-state index contributed by atoms with van der Waals surface area (Å²) < 4.78 is 16.4. The first-order chi connectivity index (χ1) is 25.0. The first-order valence-electron chi connectivity index (χ1n) is 16.5. The number of carbonyl (C=O) groups excluding carboxylic acids is 6. The lowest BCUT2D eigenvalue weighted by Crippen LogP contribution is -2.54. The third kappa shape index (κ3) is 7.92. The molecule has 0 spiro atoms. The fourth-order valence-electron chi connectivity index (χ4n) is 5.82. The number of hydrazine groups is 1. The second kappa shape index (κ2) is 15.1. The van der Waals surface area contributed by atoms with E-state index >= 15 is 0 Å². The van der Waals surface area contributed by atoms with E-state index in [1.165, 1.54) is 43.5 Å². The smallest absolute Gasteiger partial charge is 0.330 e. The number of amides is 5. The third-order valence-electron chi connectivity index (χ3n) is 8.79. The predicted molar refractivity (Wildman–Crippen MR) is 194 cm³/mol. The van der Waals surface area contributed by atoms with Gasteiger partial charge in [0, 0.05) is 29.9 Å². The zero-order valence-corrected chi connectivity index (χ0v) is 30.1. The number of hydrogen-bond donors (Lipinski definition) is 5. The Kier molecular flexibility index (Phi) is 10.7. The van der Waals surface area contributed by atoms with Crippen LogP contribution in [0.3, 0.4) is 0 Å². The molecule has 2 heterocycles. The second-order valence-electron chi connectivity index (χ2n) is 13.4. The molecule has 1 atom stereocenters. The minimum Gasteiger partial charge on any atom is -0.497 e. The molecular formula is C37H41N7O9. The molecule has 3 aromatic rings. The van der Waals surface area contributed by atoms with Crippen molar-refractivity contribution < 1.29 is 43.0 Å². The minimum atomic E-state index is -1.14. The number of fused-ring (bicyclic) bond motifs is 1. The lowest BCUT2D eigenvalue weighted by Gasteiger charge is -2.27. The molecule has 0 aromatic heterocycles. The summed E-state index contributed by atoms with van der Waals surface area (Å²) in [5.41, 5.74) is 7.51. The highest BCUT2D eigenvalue weighted by Gasteiger charge is 2.45. The zero-order chi connectivity index (χ0) is 38.8. The molecule has 16 heteroatoms. The monoisotopic (exact) mass is 727 g/mol. The number of rotatable bonds is 11. The SMILES string of the molecule is COc1ccc(OC)c(N(N)/C(C)=C(\N)C(=O)Nc2cc(OC(=O)CNc3cccc4c3C(=O)N(C3CCC(=O)NC3=O)C4=O)cc(C(C)(C)C)c2)c1. The van der Waals surface area contributed by atoms with Gasteiger partial charge in [0.05, 0.1) is 31.0 Å². The van der Waals surface area contributed by atoms with Gasteiger partial charge in [-0.15, -0.1) is 0 Å². The van der Waals surface area contributed by atoms with Crippen molar-refractivity contribution in [2.75, 3.05) is 36.4 Å². The van der Waals surface area contributed by atoms with Gasteiger partial charge in [0.15, 0.2) is 0 Å². The van der Waals surface area contributed by atoms with Crippen molar-refractivity contribution in [3.63, 3.8) is 0 Å². The summed E-state index contributed by atoms with van der Waals surface area (Å²) in [5, 5.41) is 8.98. The average molecular weight is 728 g/mol. The van der Waals surface area contributed by atoms with E-state index in [2.05, 4.69) is 16.0 Å². The third-order valence-corrected chi connectivity index (χ3v) is 8.79. The van der Waals surface area contributed by atoms with Gasteiger partial charge in [0.1, 0.15) is 41.2 Å². The maximum absolute atomic E-state index is 13.4. The van der Waals surface area contributed by atoms with Gasteiger partial charge < -0.3 is 30.6 Å². The van der Waals surface area contributed by atoms with Crippen LogP contribution in [0.2, 0.25) is 0 Å². The Balaban J connectivity index is 1.31. The summed E-state index contributed by atoms with van der Waals surface area (Å²) in [6, 6.07) is 13.2. The van der Waals surface area contributed by atoms with Crippen molar-refractivity contribution in [3.05, 3.63) is 82.7 Å². The Morgan fingerprint density at radius 3 is 2.38 bits per heavy atom. The molecule has 2 aliphatic rings. The van der Waals surface area contributed by atoms with Crippen LogP contribution in [0.4, 0.5) is 17.1 Å². The van der Waals surface area contributed by atoms with E-state index in [1.807, 2.05) is 20.8 Å². The van der Waals surface area contributed by atoms with Gasteiger partial charge in [0.2, 0.25) is 11.8 Å². The first-order valence-corrected chi connectivity index (χ1v) is 16.5. The molecule has 0 bridgehead atoms. The van der Waals surface area contributed by atoms with E-state index in [-0.39, 0.29) is 52.5 Å². The summed E-state index contributed by atoms with van der Waals surface area (Å²) >= 11 is 0. The summed E-state index contributed by atoms with van der Waals surface area (Å²) in [5.74, 6) is 3.37. The van der Waals surface area contributed by atoms with E-state index in [4.69, 9.17) is 25.8 Å². The molecule has 2 aliphatic heterocycles. The molecule has 3 aromatic carbocycles. The largest absolute Gasteiger partial charge is 0.497 e. The first kappa shape index (κ1) is 37.8. The van der Waals surface area contributed by atoms with Crippen LogP contribution < -0.4 is 46.7 Å². The van der Waals surface area contributed by atoms with Crippen LogP contribution in [0.5, 0.6) is 17.2 Å². The Labute approximate surface area is 305 Å². The highest BCUT2D eigenvalue weighted by molar-refractivity contribution is 6.25. The number of esters is 1. The molecule has 278 valence electrons. The maximum atomic E-state index is 13.4. The molecule has 7 N–H and O–H groups in total. The summed E-state index contributed by atoms with van der Waals surface area (Å²) in [6.07, 6.45) is -0.00762. The Bertz CT molecular complexity index is 2050. The number of nitrogens with two attached hydrogens (primary N) is 2. The Hall–Kier alpha value is -6.42. The Morgan fingerprint density at radius 1 is 0.981 bits per heavy atom. The molecule has 53 heavy (non-hydrogen) atoms. The van der Waals surface area contributed by atoms with Crippen molar-refractivity contribution in [2.45, 2.75) is 52.0 Å². The van der Waals surface area contributed by atoms with E-state index in [0.717, 1.165) is 10.5 Å². The standard InChI is InChI=1S/C37H41N7O9/c1-19(44(39)27-17-22(51-5)10-12-28(27)52-6)32(38)34(48)41-21-14-20(37(2,3)4)15-23(16-21)53-30(46)18-40-25-9-7-8-24-31(25)36(50)43(35(24)49)26-11-13-29(45)42-33(26)47/h7-10,12,14-17,26,40H,11,13,18,38-39H2,1-6H3,(H,41,48)(H,42,45,47)/b32-19-. The lowest BCUT2D eigenvalue weighted by atomic mass is 9.86. The number of nitrogens with zero attached hydrogens (tertiary/aromatic N) is 2. The molecule has 5 amide bonds. The molecular weight excluding hydrogens is 686 g/mol. The molecule has 0 saturated carbocycles. The van der Waals surface area contributed by atoms with Crippen LogP contribution in [0.1, 0.15) is 66.8 Å². The Morgan fingerprint density at radius 2 is 1.72 bits per heavy atom. The van der Waals surface area contributed by atoms with Crippen LogP contribution in [0.15, 0.2) is 66.0 Å². The van der Waals surface area contributed by atoms with Gasteiger partial charge in [-0.2, -0.15) is 0 Å². The normalized spacial score (nSPS) is 16.0. The van der Waals surface area contributed by atoms with Crippen molar-refractivity contribution in [1.29, 1.82) is 0 Å². The van der Waals surface area contributed by atoms with Gasteiger partial charge in [-0.25, -0.2) is 10.6 Å². The van der Waals surface area contributed by atoms with Gasteiger partial charge in [0.25, 0.3) is 17.7 Å². The average Bonchev–Trinajstić information content (AvgIpc) is 3.38. The number of methoxy groups -OCH3 is 2. The number of carbonyl (C=O) groups is 6. The highest BCUT2D eigenvalue weighted by Crippen LogP contribution is 2.35. The van der Waals surface area contributed by atoms with E-state index in [9.17, 15) is 28.8 Å². The minimum absolute atomic E-state index is 0.00319. The van der Waals surface area contributed by atoms with Gasteiger partial charge in [-0.05, 0) is 60.7 Å². The maximum Gasteiger partial charge on any atom is 0.330 e. The molecule has 16 nitrogen and oxygen atoms in total. The van der Waals surface area contributed by atoms with Crippen molar-refractivity contribution in [2.24, 2.45) is 11.6 Å². The molecule has 1 fully saturated rings. The number of imide groups is 2. The lowest BCUT2D eigenvalue weighted by molar-refractivity contribution is -0.136. The summed E-state index contributed by atoms with van der Waals surface area (Å²) in [4.78, 5) is 78.0. The zero-order valence-electron chi connectivity index (χ0n) is 30.1. The molecule has 1 unspecified atom stereocenters. The summed E-state index contributed by atoms with van der Waals surface area (Å²) in [7, 11) is 2.98. The van der Waals surface area contributed by atoms with E-state index in [0.29, 0.717) is 17.2 Å². The van der Waals surface area contributed by atoms with Crippen LogP contribution in [-0.2, 0) is 24.6 Å². The number of ether oxygens (including phenoxy) is 3.